The van der Waals surface area contributed by atoms with Crippen molar-refractivity contribution in [3.63, 3.8) is 0 Å². The van der Waals surface area contributed by atoms with Crippen LogP contribution in [0.2, 0.25) is 0 Å². The Kier molecular flexibility index (Phi) is 3.32. The topological polar surface area (TPSA) is 61.9 Å². The Bertz CT molecular complexity index is 658. The van der Waals surface area contributed by atoms with Gasteiger partial charge in [-0.25, -0.2) is 14.8 Å². The van der Waals surface area contributed by atoms with Crippen molar-refractivity contribution in [3.05, 3.63) is 16.7 Å². The lowest BCUT2D eigenvalue weighted by atomic mass is 10.1. The van der Waals surface area contributed by atoms with Crippen molar-refractivity contribution in [3.8, 4) is 0 Å². The van der Waals surface area contributed by atoms with Crippen molar-refractivity contribution in [1.82, 2.24) is 19.1 Å². The molecule has 0 atom stereocenters. The maximum absolute atomic E-state index is 12.4. The average Bonchev–Trinajstić information content (AvgIpc) is 2.71. The molecular weight excluding hydrogens is 264 g/mol. The highest BCUT2D eigenvalue weighted by Gasteiger charge is 2.23. The quantitative estimate of drug-likeness (QED) is 0.611. The Labute approximate surface area is 114 Å². The van der Waals surface area contributed by atoms with E-state index in [0.717, 1.165) is 24.0 Å². The van der Waals surface area contributed by atoms with Crippen molar-refractivity contribution in [1.29, 1.82) is 0 Å². The second-order valence-electron chi connectivity index (χ2n) is 4.62. The summed E-state index contributed by atoms with van der Waals surface area (Å²) >= 11 is 1.48. The molecule has 0 N–H and O–H groups in total. The van der Waals surface area contributed by atoms with E-state index in [1.165, 1.54) is 11.8 Å². The van der Waals surface area contributed by atoms with Gasteiger partial charge < -0.3 is 4.74 Å². The van der Waals surface area contributed by atoms with Crippen LogP contribution in [0.5, 0.6) is 0 Å². The number of hydrogen-bond acceptors (Lipinski definition) is 5. The van der Waals surface area contributed by atoms with Gasteiger partial charge in [0.05, 0.1) is 6.20 Å². The van der Waals surface area contributed by atoms with E-state index in [9.17, 15) is 4.79 Å². The van der Waals surface area contributed by atoms with E-state index in [0.29, 0.717) is 18.4 Å². The highest BCUT2D eigenvalue weighted by molar-refractivity contribution is 7.98. The number of thioether (sulfide) groups is 1. The number of nitrogens with zero attached hydrogens (tertiary/aromatic N) is 4. The zero-order valence-corrected chi connectivity index (χ0v) is 11.8. The maximum Gasteiger partial charge on any atom is 0.330 e. The summed E-state index contributed by atoms with van der Waals surface area (Å²) in [6.45, 7) is 1.40. The molecule has 0 spiro atoms. The predicted octanol–water partition coefficient (Wildman–Crippen LogP) is 1.20. The molecule has 6 nitrogen and oxygen atoms in total. The van der Waals surface area contributed by atoms with Gasteiger partial charge in [0, 0.05) is 26.3 Å². The summed E-state index contributed by atoms with van der Waals surface area (Å²) in [4.78, 5) is 21.1. The first-order chi connectivity index (χ1) is 9.22. The van der Waals surface area contributed by atoms with E-state index >= 15 is 0 Å². The van der Waals surface area contributed by atoms with Crippen LogP contribution in [-0.2, 0) is 11.8 Å². The van der Waals surface area contributed by atoms with E-state index < -0.39 is 0 Å². The van der Waals surface area contributed by atoms with E-state index in [2.05, 4.69) is 9.97 Å². The molecular formula is C12H16N4O2S. The van der Waals surface area contributed by atoms with Crippen molar-refractivity contribution in [2.45, 2.75) is 24.0 Å². The molecule has 2 aromatic rings. The predicted molar refractivity (Wildman–Crippen MR) is 73.6 cm³/mol. The normalized spacial score (nSPS) is 17.2. The monoisotopic (exact) mass is 280 g/mol. The SMILES string of the molecule is CSc1ncc2c(n1)n(C1CCOCC1)c(=O)n2C. The minimum atomic E-state index is -0.0190. The summed E-state index contributed by atoms with van der Waals surface area (Å²) in [6, 6.07) is 0.176. The number of fused-ring (bicyclic) bond motifs is 1. The molecule has 1 fully saturated rings. The molecule has 0 aromatic carbocycles. The van der Waals surface area contributed by atoms with Crippen LogP contribution in [0.25, 0.3) is 11.2 Å². The Balaban J connectivity index is 2.21. The van der Waals surface area contributed by atoms with Gasteiger partial charge in [0.2, 0.25) is 0 Å². The third-order valence-electron chi connectivity index (χ3n) is 3.55. The first kappa shape index (κ1) is 12.7. The largest absolute Gasteiger partial charge is 0.381 e. The summed E-state index contributed by atoms with van der Waals surface area (Å²) in [5.41, 5.74) is 1.50. The fraction of sp³-hybridized carbons (Fsp3) is 0.583. The lowest BCUT2D eigenvalue weighted by Crippen LogP contribution is -2.30. The average molecular weight is 280 g/mol. The Morgan fingerprint density at radius 2 is 2.16 bits per heavy atom. The molecule has 1 saturated heterocycles. The summed E-state index contributed by atoms with van der Waals surface area (Å²) in [5, 5.41) is 0.693. The van der Waals surface area contributed by atoms with Crippen LogP contribution in [0.15, 0.2) is 16.1 Å². The fourth-order valence-electron chi connectivity index (χ4n) is 2.49. The fourth-order valence-corrected chi connectivity index (χ4v) is 2.83. The molecule has 0 unspecified atom stereocenters. The maximum atomic E-state index is 12.4. The molecule has 0 saturated carbocycles. The molecule has 3 heterocycles. The molecule has 0 bridgehead atoms. The van der Waals surface area contributed by atoms with Gasteiger partial charge in [0.1, 0.15) is 5.52 Å². The van der Waals surface area contributed by atoms with Crippen molar-refractivity contribution in [2.75, 3.05) is 19.5 Å². The van der Waals surface area contributed by atoms with Gasteiger partial charge in [0.25, 0.3) is 0 Å². The zero-order chi connectivity index (χ0) is 13.4. The van der Waals surface area contributed by atoms with Gasteiger partial charge in [0.15, 0.2) is 10.8 Å². The van der Waals surface area contributed by atoms with Gasteiger partial charge in [-0.15, -0.1) is 0 Å². The van der Waals surface area contributed by atoms with Gasteiger partial charge in [-0.05, 0) is 19.1 Å². The van der Waals surface area contributed by atoms with E-state index in [1.54, 1.807) is 22.4 Å². The molecule has 2 aromatic heterocycles. The first-order valence-electron chi connectivity index (χ1n) is 6.28. The Hall–Kier alpha value is -1.34. The molecule has 1 aliphatic rings. The lowest BCUT2D eigenvalue weighted by molar-refractivity contribution is 0.0695. The first-order valence-corrected chi connectivity index (χ1v) is 7.50. The van der Waals surface area contributed by atoms with Crippen molar-refractivity contribution in [2.24, 2.45) is 7.05 Å². The smallest absolute Gasteiger partial charge is 0.330 e. The molecule has 19 heavy (non-hydrogen) atoms. The van der Waals surface area contributed by atoms with Crippen molar-refractivity contribution >= 4 is 22.9 Å². The van der Waals surface area contributed by atoms with Gasteiger partial charge in [-0.2, -0.15) is 0 Å². The number of aryl methyl sites for hydroxylation is 1. The second-order valence-corrected chi connectivity index (χ2v) is 5.39. The number of aromatic nitrogens is 4. The van der Waals surface area contributed by atoms with E-state index in [4.69, 9.17) is 4.74 Å². The molecule has 1 aliphatic heterocycles. The summed E-state index contributed by atoms with van der Waals surface area (Å²) in [5.74, 6) is 0. The summed E-state index contributed by atoms with van der Waals surface area (Å²) in [6.07, 6.45) is 5.38. The van der Waals surface area contributed by atoms with Crippen molar-refractivity contribution < 1.29 is 4.74 Å². The highest BCUT2D eigenvalue weighted by Crippen LogP contribution is 2.24. The Morgan fingerprint density at radius 3 is 2.84 bits per heavy atom. The standard InChI is InChI=1S/C12H16N4O2S/c1-15-9-7-13-11(19-2)14-10(9)16(12(15)17)8-3-5-18-6-4-8/h7-8H,3-6H2,1-2H3. The number of hydrogen-bond donors (Lipinski definition) is 0. The van der Waals surface area contributed by atoms with E-state index in [-0.39, 0.29) is 11.7 Å². The van der Waals surface area contributed by atoms with Crippen LogP contribution < -0.4 is 5.69 Å². The van der Waals surface area contributed by atoms with Crippen LogP contribution in [0.1, 0.15) is 18.9 Å². The third kappa shape index (κ3) is 2.06. The summed E-state index contributed by atoms with van der Waals surface area (Å²) < 4.78 is 8.79. The molecule has 0 radical (unpaired) electrons. The minimum Gasteiger partial charge on any atom is -0.381 e. The van der Waals surface area contributed by atoms with Gasteiger partial charge >= 0.3 is 5.69 Å². The van der Waals surface area contributed by atoms with Crippen LogP contribution in [-0.4, -0.2) is 38.6 Å². The van der Waals surface area contributed by atoms with Gasteiger partial charge in [-0.1, -0.05) is 11.8 Å². The third-order valence-corrected chi connectivity index (χ3v) is 4.11. The van der Waals surface area contributed by atoms with Crippen LogP contribution in [0, 0.1) is 0 Å². The minimum absolute atomic E-state index is 0.0190. The number of ether oxygens (including phenoxy) is 1. The van der Waals surface area contributed by atoms with Crippen LogP contribution in [0.4, 0.5) is 0 Å². The Morgan fingerprint density at radius 1 is 1.42 bits per heavy atom. The lowest BCUT2D eigenvalue weighted by Gasteiger charge is -2.22. The van der Waals surface area contributed by atoms with Crippen LogP contribution in [0.3, 0.4) is 0 Å². The molecule has 7 heteroatoms. The summed E-state index contributed by atoms with van der Waals surface area (Å²) in [7, 11) is 1.77. The molecule has 102 valence electrons. The molecule has 3 rings (SSSR count). The number of imidazole rings is 1. The zero-order valence-electron chi connectivity index (χ0n) is 11.0. The van der Waals surface area contributed by atoms with Gasteiger partial charge in [-0.3, -0.25) is 9.13 Å². The van der Waals surface area contributed by atoms with E-state index in [1.807, 2.05) is 6.26 Å². The van der Waals surface area contributed by atoms with Crippen LogP contribution >= 0.6 is 11.8 Å². The molecule has 0 amide bonds. The number of rotatable bonds is 2. The molecule has 0 aliphatic carbocycles. The highest BCUT2D eigenvalue weighted by atomic mass is 32.2. The second kappa shape index (κ2) is 4.97.